The third-order valence-corrected chi connectivity index (χ3v) is 4.03. The largest absolute Gasteiger partial charge is 0.483 e. The average molecular weight is 342 g/mol. The van der Waals surface area contributed by atoms with Gasteiger partial charge in [0, 0.05) is 18.3 Å². The van der Waals surface area contributed by atoms with Crippen LogP contribution in [0.1, 0.15) is 44.2 Å². The first-order valence-corrected chi connectivity index (χ1v) is 8.70. The zero-order chi connectivity index (χ0) is 18.1. The Balaban J connectivity index is 1.90. The molecule has 1 unspecified atom stereocenters. The maximum Gasteiger partial charge on any atom is 0.258 e. The quantitative estimate of drug-likeness (QED) is 0.755. The van der Waals surface area contributed by atoms with Gasteiger partial charge in [0.15, 0.2) is 6.61 Å². The second-order valence-electron chi connectivity index (χ2n) is 5.81. The summed E-state index contributed by atoms with van der Waals surface area (Å²) in [7, 11) is 0. The van der Waals surface area contributed by atoms with Crippen molar-refractivity contribution < 1.29 is 14.3 Å². The molecule has 0 fully saturated rings. The molecule has 0 saturated heterocycles. The van der Waals surface area contributed by atoms with E-state index >= 15 is 0 Å². The molecule has 1 amide bonds. The second-order valence-corrected chi connectivity index (χ2v) is 5.81. The Morgan fingerprint density at radius 1 is 1.16 bits per heavy atom. The summed E-state index contributed by atoms with van der Waals surface area (Å²) < 4.78 is 11.2. The molecule has 25 heavy (non-hydrogen) atoms. The highest BCUT2D eigenvalue weighted by atomic mass is 16.5. The molecule has 1 aromatic carbocycles. The fourth-order valence-corrected chi connectivity index (χ4v) is 2.45. The summed E-state index contributed by atoms with van der Waals surface area (Å²) in [5.41, 5.74) is 1.97. The number of benzene rings is 1. The van der Waals surface area contributed by atoms with Crippen molar-refractivity contribution in [2.75, 3.05) is 13.2 Å². The predicted molar refractivity (Wildman–Crippen MR) is 97.9 cm³/mol. The van der Waals surface area contributed by atoms with Crippen molar-refractivity contribution >= 4 is 5.91 Å². The van der Waals surface area contributed by atoms with Crippen LogP contribution in [0.2, 0.25) is 0 Å². The minimum Gasteiger partial charge on any atom is -0.483 e. The molecule has 0 saturated carbocycles. The number of nitrogens with one attached hydrogen (secondary N) is 1. The molecule has 0 aliphatic heterocycles. The number of carbonyl (C=O) groups is 1. The summed E-state index contributed by atoms with van der Waals surface area (Å²) in [5, 5.41) is 2.85. The number of para-hydroxylation sites is 1. The molecule has 0 aliphatic rings. The Morgan fingerprint density at radius 2 is 1.96 bits per heavy atom. The molecule has 2 aromatic rings. The number of rotatable bonds is 9. The van der Waals surface area contributed by atoms with E-state index < -0.39 is 0 Å². The van der Waals surface area contributed by atoms with Crippen LogP contribution < -0.4 is 14.8 Å². The van der Waals surface area contributed by atoms with Gasteiger partial charge in [0.25, 0.3) is 5.91 Å². The van der Waals surface area contributed by atoms with Crippen LogP contribution in [0, 0.1) is 0 Å². The van der Waals surface area contributed by atoms with Crippen molar-refractivity contribution in [3.63, 3.8) is 0 Å². The zero-order valence-electron chi connectivity index (χ0n) is 15.1. The van der Waals surface area contributed by atoms with Crippen LogP contribution in [0.15, 0.2) is 42.6 Å². The van der Waals surface area contributed by atoms with Gasteiger partial charge >= 0.3 is 0 Å². The van der Waals surface area contributed by atoms with E-state index in [1.807, 2.05) is 43.3 Å². The number of hydrogen-bond acceptors (Lipinski definition) is 4. The van der Waals surface area contributed by atoms with E-state index in [0.29, 0.717) is 24.9 Å². The standard InChI is InChI=1S/C20H26N2O3/c1-4-15(3)17-10-6-7-11-18(17)25-14-19(23)22-13-16-9-8-12-21-20(16)24-5-2/h6-12,15H,4-5,13-14H2,1-3H3,(H,22,23). The van der Waals surface area contributed by atoms with Crippen molar-refractivity contribution in [3.05, 3.63) is 53.7 Å². The molecule has 5 heteroatoms. The van der Waals surface area contributed by atoms with Crippen LogP contribution in [0.3, 0.4) is 0 Å². The number of aromatic nitrogens is 1. The van der Waals surface area contributed by atoms with E-state index in [9.17, 15) is 4.79 Å². The minimum absolute atomic E-state index is 0.0162. The van der Waals surface area contributed by atoms with Gasteiger partial charge in [-0.05, 0) is 37.0 Å². The van der Waals surface area contributed by atoms with Crippen LogP contribution >= 0.6 is 0 Å². The van der Waals surface area contributed by atoms with Crippen LogP contribution in [0.5, 0.6) is 11.6 Å². The second kappa shape index (κ2) is 9.67. The molecule has 0 radical (unpaired) electrons. The van der Waals surface area contributed by atoms with Crippen molar-refractivity contribution in [3.8, 4) is 11.6 Å². The number of nitrogens with zero attached hydrogens (tertiary/aromatic N) is 1. The van der Waals surface area contributed by atoms with Crippen LogP contribution in [0.25, 0.3) is 0 Å². The van der Waals surface area contributed by atoms with Crippen LogP contribution in [-0.2, 0) is 11.3 Å². The molecular weight excluding hydrogens is 316 g/mol. The van der Waals surface area contributed by atoms with Gasteiger partial charge in [-0.2, -0.15) is 0 Å². The monoisotopic (exact) mass is 342 g/mol. The highest BCUT2D eigenvalue weighted by molar-refractivity contribution is 5.77. The van der Waals surface area contributed by atoms with Gasteiger partial charge in [-0.3, -0.25) is 4.79 Å². The molecule has 1 N–H and O–H groups in total. The lowest BCUT2D eigenvalue weighted by Crippen LogP contribution is -2.28. The van der Waals surface area contributed by atoms with E-state index in [0.717, 1.165) is 23.3 Å². The molecule has 5 nitrogen and oxygen atoms in total. The number of pyridine rings is 1. The summed E-state index contributed by atoms with van der Waals surface area (Å²) in [6, 6.07) is 11.6. The van der Waals surface area contributed by atoms with Crippen LogP contribution in [-0.4, -0.2) is 24.1 Å². The van der Waals surface area contributed by atoms with E-state index in [4.69, 9.17) is 9.47 Å². The Morgan fingerprint density at radius 3 is 2.72 bits per heavy atom. The number of carbonyl (C=O) groups excluding carboxylic acids is 1. The maximum atomic E-state index is 12.1. The third kappa shape index (κ3) is 5.48. The van der Waals surface area contributed by atoms with E-state index in [1.165, 1.54) is 0 Å². The van der Waals surface area contributed by atoms with Gasteiger partial charge in [0.05, 0.1) is 6.61 Å². The average Bonchev–Trinajstić information content (AvgIpc) is 2.65. The van der Waals surface area contributed by atoms with Gasteiger partial charge in [-0.25, -0.2) is 4.98 Å². The normalized spacial score (nSPS) is 11.6. The van der Waals surface area contributed by atoms with Crippen molar-refractivity contribution in [2.45, 2.75) is 39.7 Å². The molecule has 1 aromatic heterocycles. The topological polar surface area (TPSA) is 60.5 Å². The summed E-state index contributed by atoms with van der Waals surface area (Å²) in [6.07, 6.45) is 2.69. The Kier molecular flexibility index (Phi) is 7.26. The summed E-state index contributed by atoms with van der Waals surface area (Å²) in [6.45, 7) is 7.07. The first-order chi connectivity index (χ1) is 12.2. The molecular formula is C20H26N2O3. The Labute approximate surface area is 149 Å². The Hall–Kier alpha value is -2.56. The molecule has 134 valence electrons. The van der Waals surface area contributed by atoms with Gasteiger partial charge < -0.3 is 14.8 Å². The molecule has 2 rings (SSSR count). The summed E-state index contributed by atoms with van der Waals surface area (Å²) in [4.78, 5) is 16.3. The van der Waals surface area contributed by atoms with E-state index in [2.05, 4.69) is 24.1 Å². The van der Waals surface area contributed by atoms with Crippen molar-refractivity contribution in [1.29, 1.82) is 0 Å². The van der Waals surface area contributed by atoms with Gasteiger partial charge in [0.1, 0.15) is 5.75 Å². The highest BCUT2D eigenvalue weighted by Gasteiger charge is 2.12. The van der Waals surface area contributed by atoms with Gasteiger partial charge in [-0.1, -0.05) is 38.1 Å². The zero-order valence-corrected chi connectivity index (χ0v) is 15.1. The maximum absolute atomic E-state index is 12.1. The molecule has 1 heterocycles. The highest BCUT2D eigenvalue weighted by Crippen LogP contribution is 2.28. The lowest BCUT2D eigenvalue weighted by Gasteiger charge is -2.15. The Bertz CT molecular complexity index is 688. The van der Waals surface area contributed by atoms with E-state index in [-0.39, 0.29) is 12.5 Å². The van der Waals surface area contributed by atoms with Crippen molar-refractivity contribution in [1.82, 2.24) is 10.3 Å². The molecule has 0 aliphatic carbocycles. The predicted octanol–water partition coefficient (Wildman–Crippen LogP) is 3.69. The van der Waals surface area contributed by atoms with E-state index in [1.54, 1.807) is 6.20 Å². The van der Waals surface area contributed by atoms with Crippen LogP contribution in [0.4, 0.5) is 0 Å². The fraction of sp³-hybridized carbons (Fsp3) is 0.400. The number of ether oxygens (including phenoxy) is 2. The lowest BCUT2D eigenvalue weighted by molar-refractivity contribution is -0.123. The van der Waals surface area contributed by atoms with Gasteiger partial charge in [0.2, 0.25) is 5.88 Å². The summed E-state index contributed by atoms with van der Waals surface area (Å²) in [5.74, 6) is 1.53. The first-order valence-electron chi connectivity index (χ1n) is 8.70. The van der Waals surface area contributed by atoms with Gasteiger partial charge in [-0.15, -0.1) is 0 Å². The molecule has 0 bridgehead atoms. The van der Waals surface area contributed by atoms with Crippen molar-refractivity contribution in [2.24, 2.45) is 0 Å². The lowest BCUT2D eigenvalue weighted by atomic mass is 9.98. The number of amides is 1. The fourth-order valence-electron chi connectivity index (χ4n) is 2.45. The number of hydrogen-bond donors (Lipinski definition) is 1. The summed E-state index contributed by atoms with van der Waals surface area (Å²) >= 11 is 0. The molecule has 0 spiro atoms. The minimum atomic E-state index is -0.176. The molecule has 1 atom stereocenters. The smallest absolute Gasteiger partial charge is 0.258 e. The first kappa shape index (κ1) is 18.8. The SMILES string of the molecule is CCOc1ncccc1CNC(=O)COc1ccccc1C(C)CC. The third-order valence-electron chi connectivity index (χ3n) is 4.03.